The third kappa shape index (κ3) is 3.85. The zero-order chi connectivity index (χ0) is 19.0. The minimum atomic E-state index is -1.59. The second-order valence-corrected chi connectivity index (χ2v) is 7.00. The summed E-state index contributed by atoms with van der Waals surface area (Å²) in [5, 5.41) is 0. The van der Waals surface area contributed by atoms with Crippen LogP contribution >= 0.6 is 0 Å². The fraction of sp³-hybridized carbons (Fsp3) is 0.588. The third-order valence-electron chi connectivity index (χ3n) is 4.76. The van der Waals surface area contributed by atoms with Crippen LogP contribution in [0.15, 0.2) is 12.1 Å². The molecule has 0 radical (unpaired) electrons. The molecule has 1 atom stereocenters. The van der Waals surface area contributed by atoms with E-state index in [4.69, 9.17) is 14.0 Å². The van der Waals surface area contributed by atoms with Gasteiger partial charge in [0.2, 0.25) is 0 Å². The van der Waals surface area contributed by atoms with Gasteiger partial charge >= 0.3 is 13.1 Å². The number of hydrogen-bond donors (Lipinski definition) is 0. The van der Waals surface area contributed by atoms with Crippen molar-refractivity contribution < 1.29 is 32.0 Å². The van der Waals surface area contributed by atoms with Gasteiger partial charge in [0.05, 0.1) is 24.2 Å². The molecule has 1 aliphatic rings. The van der Waals surface area contributed by atoms with E-state index in [9.17, 15) is 18.0 Å². The second kappa shape index (κ2) is 7.00. The SMILES string of the molecule is CCOC(=O)CC(B1OC(C)(C)C(C)(C)O1)c1ccc(F)c(F)c1F. The van der Waals surface area contributed by atoms with E-state index >= 15 is 0 Å². The van der Waals surface area contributed by atoms with Crippen LogP contribution in [0.2, 0.25) is 0 Å². The van der Waals surface area contributed by atoms with Crippen molar-refractivity contribution in [1.29, 1.82) is 0 Å². The van der Waals surface area contributed by atoms with Gasteiger partial charge in [0.25, 0.3) is 0 Å². The van der Waals surface area contributed by atoms with E-state index in [1.807, 2.05) is 0 Å². The molecule has 0 saturated carbocycles. The lowest BCUT2D eigenvalue weighted by molar-refractivity contribution is -0.143. The van der Waals surface area contributed by atoms with E-state index in [0.717, 1.165) is 12.1 Å². The number of carbonyl (C=O) groups is 1. The number of ether oxygens (including phenoxy) is 1. The van der Waals surface area contributed by atoms with Crippen molar-refractivity contribution in [3.05, 3.63) is 35.1 Å². The van der Waals surface area contributed by atoms with Crippen molar-refractivity contribution in [3.63, 3.8) is 0 Å². The maximum Gasteiger partial charge on any atom is 0.466 e. The van der Waals surface area contributed by atoms with Gasteiger partial charge in [0, 0.05) is 5.82 Å². The van der Waals surface area contributed by atoms with Crippen LogP contribution in [0.25, 0.3) is 0 Å². The first kappa shape index (κ1) is 19.8. The quantitative estimate of drug-likeness (QED) is 0.457. The maximum absolute atomic E-state index is 14.3. The van der Waals surface area contributed by atoms with Gasteiger partial charge in [-0.25, -0.2) is 13.2 Å². The first-order valence-corrected chi connectivity index (χ1v) is 8.15. The summed E-state index contributed by atoms with van der Waals surface area (Å²) in [7, 11) is -1.01. The van der Waals surface area contributed by atoms with Gasteiger partial charge in [0.15, 0.2) is 17.5 Å². The van der Waals surface area contributed by atoms with Crippen LogP contribution in [0.5, 0.6) is 0 Å². The van der Waals surface area contributed by atoms with Crippen LogP contribution in [0.3, 0.4) is 0 Å². The van der Waals surface area contributed by atoms with Gasteiger partial charge in [0.1, 0.15) is 0 Å². The first-order valence-electron chi connectivity index (χ1n) is 8.15. The smallest absolute Gasteiger partial charge is 0.466 e. The molecular formula is C17H22BF3O4. The van der Waals surface area contributed by atoms with Crippen LogP contribution in [-0.2, 0) is 18.8 Å². The molecule has 1 aliphatic heterocycles. The van der Waals surface area contributed by atoms with Crippen molar-refractivity contribution >= 4 is 13.1 Å². The molecule has 0 aliphatic carbocycles. The van der Waals surface area contributed by atoms with Crippen molar-refractivity contribution in [2.45, 2.75) is 58.1 Å². The Morgan fingerprint density at radius 3 is 2.20 bits per heavy atom. The van der Waals surface area contributed by atoms with E-state index in [-0.39, 0.29) is 18.6 Å². The van der Waals surface area contributed by atoms with Crippen LogP contribution in [0.1, 0.15) is 52.4 Å². The molecule has 4 nitrogen and oxygen atoms in total. The molecule has 0 spiro atoms. The molecule has 0 bridgehead atoms. The number of rotatable bonds is 5. The number of esters is 1. The third-order valence-corrected chi connectivity index (χ3v) is 4.76. The molecule has 1 saturated heterocycles. The summed E-state index contributed by atoms with van der Waals surface area (Å²) in [4.78, 5) is 11.9. The average molecular weight is 358 g/mol. The lowest BCUT2D eigenvalue weighted by atomic mass is 9.66. The lowest BCUT2D eigenvalue weighted by Crippen LogP contribution is -2.41. The van der Waals surface area contributed by atoms with Gasteiger partial charge in [-0.05, 0) is 46.2 Å². The van der Waals surface area contributed by atoms with Crippen LogP contribution in [0.4, 0.5) is 13.2 Å². The molecule has 138 valence electrons. The Balaban J connectivity index is 2.42. The zero-order valence-electron chi connectivity index (χ0n) is 15.0. The summed E-state index contributed by atoms with van der Waals surface area (Å²) in [5.41, 5.74) is -1.63. The number of benzene rings is 1. The standard InChI is InChI=1S/C17H22BF3O4/c1-6-23-13(22)9-11(10-7-8-12(19)15(21)14(10)20)18-24-16(2,3)17(4,5)25-18/h7-8,11H,6,9H2,1-5H3. The fourth-order valence-corrected chi connectivity index (χ4v) is 2.63. The fourth-order valence-electron chi connectivity index (χ4n) is 2.63. The van der Waals surface area contributed by atoms with Crippen LogP contribution < -0.4 is 0 Å². The van der Waals surface area contributed by atoms with Crippen LogP contribution in [0, 0.1) is 17.5 Å². The van der Waals surface area contributed by atoms with Crippen molar-refractivity contribution in [2.24, 2.45) is 0 Å². The molecular weight excluding hydrogens is 336 g/mol. The predicted octanol–water partition coefficient (Wildman–Crippen LogP) is 3.77. The summed E-state index contributed by atoms with van der Waals surface area (Å²) >= 11 is 0. The lowest BCUT2D eigenvalue weighted by Gasteiger charge is -2.32. The predicted molar refractivity (Wildman–Crippen MR) is 86.4 cm³/mol. The topological polar surface area (TPSA) is 44.8 Å². The Bertz CT molecular complexity index is 648. The molecule has 0 aromatic heterocycles. The van der Waals surface area contributed by atoms with Gasteiger partial charge < -0.3 is 14.0 Å². The first-order chi connectivity index (χ1) is 11.5. The highest BCUT2D eigenvalue weighted by atomic mass is 19.2. The molecule has 25 heavy (non-hydrogen) atoms. The largest absolute Gasteiger partial charge is 0.466 e. The van der Waals surface area contributed by atoms with Gasteiger partial charge in [-0.15, -0.1) is 0 Å². The van der Waals surface area contributed by atoms with E-state index in [2.05, 4.69) is 0 Å². The molecule has 1 heterocycles. The Hall–Kier alpha value is -1.54. The molecule has 2 rings (SSSR count). The Morgan fingerprint density at radius 1 is 1.12 bits per heavy atom. The Kier molecular flexibility index (Phi) is 5.54. The summed E-state index contributed by atoms with van der Waals surface area (Å²) < 4.78 is 57.9. The number of carbonyl (C=O) groups excluding carboxylic acids is 1. The molecule has 1 aromatic carbocycles. The summed E-state index contributed by atoms with van der Waals surface area (Å²) in [6.07, 6.45) is -0.285. The highest BCUT2D eigenvalue weighted by Crippen LogP contribution is 2.42. The molecule has 0 N–H and O–H groups in total. The molecule has 1 fully saturated rings. The van der Waals surface area contributed by atoms with E-state index in [1.54, 1.807) is 34.6 Å². The zero-order valence-corrected chi connectivity index (χ0v) is 15.0. The maximum atomic E-state index is 14.3. The summed E-state index contributed by atoms with van der Waals surface area (Å²) in [5.74, 6) is -5.83. The molecule has 0 amide bonds. The number of hydrogen-bond acceptors (Lipinski definition) is 4. The Labute approximate surface area is 145 Å². The minimum Gasteiger partial charge on any atom is -0.466 e. The van der Waals surface area contributed by atoms with Gasteiger partial charge in [-0.3, -0.25) is 4.79 Å². The van der Waals surface area contributed by atoms with E-state index in [1.165, 1.54) is 0 Å². The highest BCUT2D eigenvalue weighted by Gasteiger charge is 2.54. The normalized spacial score (nSPS) is 19.8. The summed E-state index contributed by atoms with van der Waals surface area (Å²) in [6, 6.07) is 1.92. The average Bonchev–Trinajstić information content (AvgIpc) is 2.72. The second-order valence-electron chi connectivity index (χ2n) is 7.00. The molecule has 1 unspecified atom stereocenters. The van der Waals surface area contributed by atoms with Crippen LogP contribution in [-0.4, -0.2) is 30.9 Å². The Morgan fingerprint density at radius 2 is 1.68 bits per heavy atom. The van der Waals surface area contributed by atoms with Crippen molar-refractivity contribution in [2.75, 3.05) is 6.61 Å². The monoisotopic (exact) mass is 358 g/mol. The van der Waals surface area contributed by atoms with E-state index < -0.39 is 47.6 Å². The van der Waals surface area contributed by atoms with Crippen molar-refractivity contribution in [3.8, 4) is 0 Å². The molecule has 1 aromatic rings. The molecule has 8 heteroatoms. The number of halogens is 3. The highest BCUT2D eigenvalue weighted by molar-refractivity contribution is 6.48. The van der Waals surface area contributed by atoms with E-state index in [0.29, 0.717) is 0 Å². The van der Waals surface area contributed by atoms with Crippen molar-refractivity contribution in [1.82, 2.24) is 0 Å². The van der Waals surface area contributed by atoms with Gasteiger partial charge in [-0.2, -0.15) is 0 Å². The minimum absolute atomic E-state index is 0.148. The summed E-state index contributed by atoms with van der Waals surface area (Å²) in [6.45, 7) is 8.99. The van der Waals surface area contributed by atoms with Gasteiger partial charge in [-0.1, -0.05) is 6.07 Å².